The minimum atomic E-state index is -0.0773. The smallest absolute Gasteiger partial charge is 0.271 e. The number of amides is 1. The van der Waals surface area contributed by atoms with Crippen LogP contribution in [-0.2, 0) is 7.05 Å². The summed E-state index contributed by atoms with van der Waals surface area (Å²) in [6.07, 6.45) is 5.63. The number of hydrogen-bond acceptors (Lipinski definition) is 3. The Morgan fingerprint density at radius 2 is 2.53 bits per heavy atom. The number of carbonyl (C=O) groups is 1. The highest BCUT2D eigenvalue weighted by atomic mass is 35.5. The molecule has 0 spiro atoms. The van der Waals surface area contributed by atoms with Crippen LogP contribution in [0.2, 0.25) is 0 Å². The van der Waals surface area contributed by atoms with E-state index in [9.17, 15) is 4.79 Å². The third-order valence-electron chi connectivity index (χ3n) is 2.94. The molecule has 17 heavy (non-hydrogen) atoms. The molecule has 2 rings (SSSR count). The van der Waals surface area contributed by atoms with Gasteiger partial charge >= 0.3 is 0 Å². The lowest BCUT2D eigenvalue weighted by Crippen LogP contribution is -2.26. The van der Waals surface area contributed by atoms with E-state index >= 15 is 0 Å². The number of nitrogens with one attached hydrogen (secondary N) is 2. The Hall–Kier alpha value is -1.07. The van der Waals surface area contributed by atoms with Crippen molar-refractivity contribution in [1.82, 2.24) is 20.2 Å². The minimum absolute atomic E-state index is 0. The highest BCUT2D eigenvalue weighted by molar-refractivity contribution is 5.91. The van der Waals surface area contributed by atoms with Gasteiger partial charge in [0.05, 0.1) is 6.33 Å². The lowest BCUT2D eigenvalue weighted by molar-refractivity contribution is 0.0947. The summed E-state index contributed by atoms with van der Waals surface area (Å²) >= 11 is 0. The summed E-state index contributed by atoms with van der Waals surface area (Å²) in [6.45, 7) is 2.93. The van der Waals surface area contributed by atoms with Crippen LogP contribution in [0, 0.1) is 5.92 Å². The molecule has 0 aliphatic carbocycles. The molecule has 1 aromatic heterocycles. The van der Waals surface area contributed by atoms with Gasteiger partial charge in [0.15, 0.2) is 0 Å². The Bertz CT molecular complexity index is 360. The van der Waals surface area contributed by atoms with Crippen molar-refractivity contribution < 1.29 is 4.79 Å². The molecule has 1 aromatic rings. The number of halogens is 1. The summed E-state index contributed by atoms with van der Waals surface area (Å²) < 4.78 is 1.77. The maximum Gasteiger partial charge on any atom is 0.271 e. The Labute approximate surface area is 107 Å². The van der Waals surface area contributed by atoms with Crippen LogP contribution in [-0.4, -0.2) is 35.1 Å². The molecule has 0 bridgehead atoms. The second-order valence-corrected chi connectivity index (χ2v) is 4.33. The van der Waals surface area contributed by atoms with Crippen molar-refractivity contribution in [3.8, 4) is 0 Å². The summed E-state index contributed by atoms with van der Waals surface area (Å²) in [5.41, 5.74) is 0.493. The number of carbonyl (C=O) groups excluding carboxylic acids is 1. The zero-order valence-electron chi connectivity index (χ0n) is 9.98. The first kappa shape index (κ1) is 14.0. The van der Waals surface area contributed by atoms with Crippen molar-refractivity contribution in [2.24, 2.45) is 13.0 Å². The maximum atomic E-state index is 11.6. The molecule has 0 radical (unpaired) electrons. The zero-order valence-corrected chi connectivity index (χ0v) is 10.8. The third-order valence-corrected chi connectivity index (χ3v) is 2.94. The van der Waals surface area contributed by atoms with E-state index in [0.29, 0.717) is 11.6 Å². The summed E-state index contributed by atoms with van der Waals surface area (Å²) in [6, 6.07) is 0. The van der Waals surface area contributed by atoms with Crippen LogP contribution >= 0.6 is 12.4 Å². The van der Waals surface area contributed by atoms with Gasteiger partial charge in [-0.1, -0.05) is 0 Å². The molecular weight excluding hydrogens is 240 g/mol. The van der Waals surface area contributed by atoms with E-state index in [-0.39, 0.29) is 18.3 Å². The van der Waals surface area contributed by atoms with E-state index in [0.717, 1.165) is 26.1 Å². The fourth-order valence-electron chi connectivity index (χ4n) is 1.97. The van der Waals surface area contributed by atoms with Gasteiger partial charge in [-0.3, -0.25) is 4.79 Å². The van der Waals surface area contributed by atoms with Crippen molar-refractivity contribution in [2.45, 2.75) is 12.8 Å². The van der Waals surface area contributed by atoms with Gasteiger partial charge in [-0.15, -0.1) is 12.4 Å². The topological polar surface area (TPSA) is 59.0 Å². The molecule has 1 amide bonds. The molecule has 1 aliphatic rings. The molecule has 1 fully saturated rings. The number of nitrogens with zero attached hydrogens (tertiary/aromatic N) is 2. The lowest BCUT2D eigenvalue weighted by Gasteiger charge is -2.08. The predicted molar refractivity (Wildman–Crippen MR) is 68.4 cm³/mol. The normalized spacial score (nSPS) is 18.8. The van der Waals surface area contributed by atoms with E-state index < -0.39 is 0 Å². The molecule has 1 aliphatic heterocycles. The van der Waals surface area contributed by atoms with Crippen molar-refractivity contribution in [3.63, 3.8) is 0 Å². The molecular formula is C11H19ClN4O. The van der Waals surface area contributed by atoms with Crippen LogP contribution in [0.5, 0.6) is 0 Å². The van der Waals surface area contributed by atoms with Crippen molar-refractivity contribution >= 4 is 18.3 Å². The molecule has 6 heteroatoms. The van der Waals surface area contributed by atoms with E-state index in [1.165, 1.54) is 6.42 Å². The molecule has 0 aromatic carbocycles. The second kappa shape index (κ2) is 6.61. The van der Waals surface area contributed by atoms with Crippen LogP contribution in [0.15, 0.2) is 12.5 Å². The van der Waals surface area contributed by atoms with E-state index in [1.54, 1.807) is 17.1 Å². The summed E-state index contributed by atoms with van der Waals surface area (Å²) in [7, 11) is 1.86. The van der Waals surface area contributed by atoms with Gasteiger partial charge in [-0.25, -0.2) is 4.98 Å². The standard InChI is InChI=1S/C11H18N4O.ClH/c1-15-7-10(14-8-15)11(16)13-5-3-9-2-4-12-6-9;/h7-9,12H,2-6H2,1H3,(H,13,16);1H. The third kappa shape index (κ3) is 4.02. The fraction of sp³-hybridized carbons (Fsp3) is 0.636. The van der Waals surface area contributed by atoms with Gasteiger partial charge < -0.3 is 15.2 Å². The molecule has 2 N–H and O–H groups in total. The molecule has 1 atom stereocenters. The first-order chi connectivity index (χ1) is 7.75. The van der Waals surface area contributed by atoms with Crippen LogP contribution in [0.3, 0.4) is 0 Å². The predicted octanol–water partition coefficient (Wildman–Crippen LogP) is 0.571. The summed E-state index contributed by atoms with van der Waals surface area (Å²) in [4.78, 5) is 15.6. The van der Waals surface area contributed by atoms with Crippen LogP contribution in [0.4, 0.5) is 0 Å². The maximum absolute atomic E-state index is 11.6. The van der Waals surface area contributed by atoms with E-state index in [4.69, 9.17) is 0 Å². The van der Waals surface area contributed by atoms with Gasteiger partial charge in [0.1, 0.15) is 5.69 Å². The number of hydrogen-bond donors (Lipinski definition) is 2. The number of aromatic nitrogens is 2. The lowest BCUT2D eigenvalue weighted by atomic mass is 10.1. The summed E-state index contributed by atoms with van der Waals surface area (Å²) in [5, 5.41) is 6.21. The Balaban J connectivity index is 0.00000144. The first-order valence-corrected chi connectivity index (χ1v) is 5.72. The quantitative estimate of drug-likeness (QED) is 0.830. The van der Waals surface area contributed by atoms with Crippen molar-refractivity contribution in [3.05, 3.63) is 18.2 Å². The second-order valence-electron chi connectivity index (χ2n) is 4.33. The molecule has 96 valence electrons. The minimum Gasteiger partial charge on any atom is -0.351 e. The van der Waals surface area contributed by atoms with Gasteiger partial charge in [0.25, 0.3) is 5.91 Å². The zero-order chi connectivity index (χ0) is 11.4. The molecule has 2 heterocycles. The molecule has 0 saturated carbocycles. The Morgan fingerprint density at radius 1 is 1.71 bits per heavy atom. The number of aryl methyl sites for hydroxylation is 1. The van der Waals surface area contributed by atoms with Crippen molar-refractivity contribution in [2.75, 3.05) is 19.6 Å². The van der Waals surface area contributed by atoms with E-state index in [2.05, 4.69) is 15.6 Å². The highest BCUT2D eigenvalue weighted by Gasteiger charge is 2.14. The van der Waals surface area contributed by atoms with Gasteiger partial charge in [-0.05, 0) is 31.8 Å². The highest BCUT2D eigenvalue weighted by Crippen LogP contribution is 2.10. The van der Waals surface area contributed by atoms with Crippen LogP contribution in [0.1, 0.15) is 23.3 Å². The Morgan fingerprint density at radius 3 is 3.12 bits per heavy atom. The Kier molecular flexibility index (Phi) is 5.44. The van der Waals surface area contributed by atoms with Crippen LogP contribution < -0.4 is 10.6 Å². The molecule has 5 nitrogen and oxygen atoms in total. The monoisotopic (exact) mass is 258 g/mol. The van der Waals surface area contributed by atoms with Gasteiger partial charge in [-0.2, -0.15) is 0 Å². The van der Waals surface area contributed by atoms with E-state index in [1.807, 2.05) is 7.05 Å². The number of rotatable bonds is 4. The largest absolute Gasteiger partial charge is 0.351 e. The average Bonchev–Trinajstić information content (AvgIpc) is 2.89. The van der Waals surface area contributed by atoms with Crippen molar-refractivity contribution in [1.29, 1.82) is 0 Å². The molecule has 1 saturated heterocycles. The van der Waals surface area contributed by atoms with Crippen LogP contribution in [0.25, 0.3) is 0 Å². The number of imidazole rings is 1. The summed E-state index contributed by atoms with van der Waals surface area (Å²) in [5.74, 6) is 0.635. The van der Waals surface area contributed by atoms with Gasteiger partial charge in [0.2, 0.25) is 0 Å². The fourth-order valence-corrected chi connectivity index (χ4v) is 1.97. The van der Waals surface area contributed by atoms with Gasteiger partial charge in [0, 0.05) is 19.8 Å². The first-order valence-electron chi connectivity index (χ1n) is 5.72. The SMILES string of the molecule is Cl.Cn1cnc(C(=O)NCCC2CCNC2)c1. The molecule has 1 unspecified atom stereocenters. The average molecular weight is 259 g/mol.